The molecule has 2 aliphatic rings. The van der Waals surface area contributed by atoms with Gasteiger partial charge in [-0.2, -0.15) is 8.61 Å². The summed E-state index contributed by atoms with van der Waals surface area (Å²) in [5, 5.41) is 0. The van der Waals surface area contributed by atoms with Crippen LogP contribution in [-0.2, 0) is 20.0 Å². The Balaban J connectivity index is 1.73. The highest BCUT2D eigenvalue weighted by Crippen LogP contribution is 2.30. The standard InChI is InChI=1S/C19H32N4O4S2/c1-15-12-18(22-10-9-21(14-16(22)2)28(4,24)25)6-7-19(15)20-8-11-23(17(3)13-20)29(5,26)27/h6-7,12,16-17H,8-11,13-14H2,1-5H3/t16-,17+/m1/s1. The summed E-state index contributed by atoms with van der Waals surface area (Å²) in [5.74, 6) is 0. The molecular weight excluding hydrogens is 412 g/mol. The summed E-state index contributed by atoms with van der Waals surface area (Å²) in [6, 6.07) is 6.37. The van der Waals surface area contributed by atoms with Crippen molar-refractivity contribution in [2.24, 2.45) is 0 Å². The lowest BCUT2D eigenvalue weighted by molar-refractivity contribution is 0.309. The third-order valence-electron chi connectivity index (χ3n) is 5.90. The Morgan fingerprint density at radius 3 is 2.07 bits per heavy atom. The van der Waals surface area contributed by atoms with E-state index in [0.717, 1.165) is 16.9 Å². The van der Waals surface area contributed by atoms with Crippen LogP contribution in [0.25, 0.3) is 0 Å². The second kappa shape index (κ2) is 8.05. The number of sulfonamides is 2. The minimum absolute atomic E-state index is 0.0677. The minimum atomic E-state index is -3.18. The van der Waals surface area contributed by atoms with E-state index in [9.17, 15) is 16.8 Å². The topological polar surface area (TPSA) is 81.2 Å². The second-order valence-corrected chi connectivity index (χ2v) is 12.2. The van der Waals surface area contributed by atoms with E-state index in [4.69, 9.17) is 0 Å². The molecule has 0 spiro atoms. The first kappa shape index (κ1) is 22.3. The lowest BCUT2D eigenvalue weighted by Gasteiger charge is -2.41. The normalized spacial score (nSPS) is 25.4. The van der Waals surface area contributed by atoms with Crippen LogP contribution < -0.4 is 9.80 Å². The van der Waals surface area contributed by atoms with E-state index in [-0.39, 0.29) is 12.1 Å². The summed E-state index contributed by atoms with van der Waals surface area (Å²) in [6.07, 6.45) is 2.53. The number of nitrogens with zero attached hydrogens (tertiary/aromatic N) is 4. The molecule has 2 heterocycles. The molecule has 0 aliphatic carbocycles. The number of piperazine rings is 2. The molecule has 29 heavy (non-hydrogen) atoms. The third kappa shape index (κ3) is 4.87. The van der Waals surface area contributed by atoms with Gasteiger partial charge in [0.2, 0.25) is 20.0 Å². The molecule has 0 bridgehead atoms. The highest BCUT2D eigenvalue weighted by atomic mass is 32.2. The van der Waals surface area contributed by atoms with E-state index < -0.39 is 20.0 Å². The Labute approximate surface area is 175 Å². The Morgan fingerprint density at radius 2 is 1.55 bits per heavy atom. The van der Waals surface area contributed by atoms with Gasteiger partial charge in [0.1, 0.15) is 0 Å². The van der Waals surface area contributed by atoms with E-state index in [2.05, 4.69) is 34.9 Å². The predicted molar refractivity (Wildman–Crippen MR) is 118 cm³/mol. The van der Waals surface area contributed by atoms with E-state index in [1.807, 2.05) is 13.8 Å². The van der Waals surface area contributed by atoms with Gasteiger partial charge >= 0.3 is 0 Å². The van der Waals surface area contributed by atoms with Gasteiger partial charge < -0.3 is 9.80 Å². The molecule has 2 fully saturated rings. The van der Waals surface area contributed by atoms with Gasteiger partial charge in [-0.05, 0) is 44.5 Å². The summed E-state index contributed by atoms with van der Waals surface area (Å²) in [6.45, 7) is 9.54. The summed E-state index contributed by atoms with van der Waals surface area (Å²) in [5.41, 5.74) is 3.35. The Morgan fingerprint density at radius 1 is 0.862 bits per heavy atom. The fourth-order valence-corrected chi connectivity index (χ4v) is 6.47. The predicted octanol–water partition coefficient (Wildman–Crippen LogP) is 0.935. The van der Waals surface area contributed by atoms with Crippen LogP contribution in [0.15, 0.2) is 18.2 Å². The molecule has 1 aromatic carbocycles. The van der Waals surface area contributed by atoms with Gasteiger partial charge in [-0.25, -0.2) is 16.8 Å². The zero-order valence-corrected chi connectivity index (χ0v) is 19.5. The molecule has 2 saturated heterocycles. The average molecular weight is 445 g/mol. The van der Waals surface area contributed by atoms with Crippen LogP contribution in [0.3, 0.4) is 0 Å². The Kier molecular flexibility index (Phi) is 6.20. The molecule has 0 amide bonds. The quantitative estimate of drug-likeness (QED) is 0.687. The van der Waals surface area contributed by atoms with Crippen LogP contribution in [-0.4, -0.2) is 89.3 Å². The lowest BCUT2D eigenvalue weighted by atomic mass is 10.1. The second-order valence-electron chi connectivity index (χ2n) is 8.30. The van der Waals surface area contributed by atoms with E-state index in [1.165, 1.54) is 16.8 Å². The molecule has 10 heteroatoms. The minimum Gasteiger partial charge on any atom is -0.368 e. The summed E-state index contributed by atoms with van der Waals surface area (Å²) >= 11 is 0. The molecule has 3 rings (SSSR count). The van der Waals surface area contributed by atoms with Crippen molar-refractivity contribution in [3.63, 3.8) is 0 Å². The van der Waals surface area contributed by atoms with E-state index in [1.54, 1.807) is 4.31 Å². The fourth-order valence-electron chi connectivity index (χ4n) is 4.43. The highest BCUT2D eigenvalue weighted by Gasteiger charge is 2.31. The van der Waals surface area contributed by atoms with Gasteiger partial charge in [0.15, 0.2) is 0 Å². The maximum Gasteiger partial charge on any atom is 0.211 e. The van der Waals surface area contributed by atoms with Crippen molar-refractivity contribution in [3.05, 3.63) is 23.8 Å². The summed E-state index contributed by atoms with van der Waals surface area (Å²) < 4.78 is 50.6. The number of aryl methyl sites for hydroxylation is 1. The molecule has 0 unspecified atom stereocenters. The van der Waals surface area contributed by atoms with E-state index >= 15 is 0 Å². The molecule has 0 saturated carbocycles. The first-order valence-corrected chi connectivity index (χ1v) is 13.6. The first-order valence-electron chi connectivity index (χ1n) is 9.92. The van der Waals surface area contributed by atoms with Crippen LogP contribution in [0.2, 0.25) is 0 Å². The number of hydrogen-bond acceptors (Lipinski definition) is 6. The van der Waals surface area contributed by atoms with Gasteiger partial charge in [0.25, 0.3) is 0 Å². The van der Waals surface area contributed by atoms with Crippen molar-refractivity contribution in [1.29, 1.82) is 0 Å². The van der Waals surface area contributed by atoms with Crippen LogP contribution in [0, 0.1) is 6.92 Å². The average Bonchev–Trinajstić information content (AvgIpc) is 2.59. The number of hydrogen-bond donors (Lipinski definition) is 0. The maximum atomic E-state index is 11.9. The van der Waals surface area contributed by atoms with Crippen LogP contribution in [0.5, 0.6) is 0 Å². The molecule has 8 nitrogen and oxygen atoms in total. The molecule has 1 aromatic rings. The van der Waals surface area contributed by atoms with Crippen molar-refractivity contribution in [3.8, 4) is 0 Å². The molecular formula is C19H32N4O4S2. The first-order chi connectivity index (χ1) is 13.4. The van der Waals surface area contributed by atoms with E-state index in [0.29, 0.717) is 39.3 Å². The zero-order chi connectivity index (χ0) is 21.6. The van der Waals surface area contributed by atoms with Gasteiger partial charge in [-0.1, -0.05) is 0 Å². The molecule has 164 valence electrons. The monoisotopic (exact) mass is 444 g/mol. The van der Waals surface area contributed by atoms with Gasteiger partial charge in [-0.15, -0.1) is 0 Å². The third-order valence-corrected chi connectivity index (χ3v) is 8.57. The smallest absolute Gasteiger partial charge is 0.211 e. The largest absolute Gasteiger partial charge is 0.368 e. The SMILES string of the molecule is Cc1cc(N2CCN(S(C)(=O)=O)C[C@H]2C)ccc1N1CCN(S(C)(=O)=O)[C@@H](C)C1. The molecule has 2 atom stereocenters. The van der Waals surface area contributed by atoms with Gasteiger partial charge in [0.05, 0.1) is 12.5 Å². The highest BCUT2D eigenvalue weighted by molar-refractivity contribution is 7.88. The Bertz CT molecular complexity index is 964. The maximum absolute atomic E-state index is 11.9. The summed E-state index contributed by atoms with van der Waals surface area (Å²) in [7, 11) is -6.34. The van der Waals surface area contributed by atoms with Crippen LogP contribution in [0.4, 0.5) is 11.4 Å². The lowest BCUT2D eigenvalue weighted by Crippen LogP contribution is -2.54. The molecule has 0 aromatic heterocycles. The molecule has 2 aliphatic heterocycles. The number of benzene rings is 1. The van der Waals surface area contributed by atoms with Gasteiger partial charge in [0, 0.05) is 62.7 Å². The van der Waals surface area contributed by atoms with Gasteiger partial charge in [-0.3, -0.25) is 0 Å². The zero-order valence-electron chi connectivity index (χ0n) is 17.9. The van der Waals surface area contributed by atoms with Crippen molar-refractivity contribution >= 4 is 31.4 Å². The van der Waals surface area contributed by atoms with Crippen molar-refractivity contribution < 1.29 is 16.8 Å². The molecule has 0 radical (unpaired) electrons. The van der Waals surface area contributed by atoms with Crippen LogP contribution >= 0.6 is 0 Å². The van der Waals surface area contributed by atoms with Crippen molar-refractivity contribution in [1.82, 2.24) is 8.61 Å². The number of rotatable bonds is 4. The van der Waals surface area contributed by atoms with Crippen molar-refractivity contribution in [2.75, 3.05) is 61.6 Å². The van der Waals surface area contributed by atoms with Crippen LogP contribution in [0.1, 0.15) is 19.4 Å². The molecule has 0 N–H and O–H groups in total. The number of anilines is 2. The summed E-state index contributed by atoms with van der Waals surface area (Å²) in [4.78, 5) is 4.50. The fraction of sp³-hybridized carbons (Fsp3) is 0.684. The van der Waals surface area contributed by atoms with Crippen molar-refractivity contribution in [2.45, 2.75) is 32.9 Å². The Hall–Kier alpha value is -1.36.